The smallest absolute Gasteiger partial charge is 0.278 e. The second-order valence-corrected chi connectivity index (χ2v) is 8.49. The Morgan fingerprint density at radius 2 is 1.97 bits per heavy atom. The third-order valence-corrected chi connectivity index (χ3v) is 6.34. The third kappa shape index (κ3) is 4.85. The second-order valence-electron chi connectivity index (χ2n) is 7.65. The van der Waals surface area contributed by atoms with Crippen LogP contribution in [0.4, 0.5) is 15.2 Å². The number of thiazole rings is 1. The number of amides is 1. The van der Waals surface area contributed by atoms with Gasteiger partial charge in [-0.3, -0.25) is 4.79 Å². The van der Waals surface area contributed by atoms with Crippen molar-refractivity contribution in [3.63, 3.8) is 0 Å². The molecule has 1 aliphatic rings. The van der Waals surface area contributed by atoms with Gasteiger partial charge in [-0.1, -0.05) is 6.08 Å². The molecule has 0 unspecified atom stereocenters. The number of aromatic nitrogens is 3. The van der Waals surface area contributed by atoms with E-state index in [0.29, 0.717) is 24.5 Å². The van der Waals surface area contributed by atoms with Gasteiger partial charge in [0.05, 0.1) is 12.2 Å². The third-order valence-electron chi connectivity index (χ3n) is 5.39. The Morgan fingerprint density at radius 3 is 2.68 bits per heavy atom. The molecule has 6 nitrogen and oxygen atoms in total. The van der Waals surface area contributed by atoms with Gasteiger partial charge in [-0.15, -0.1) is 17.9 Å². The van der Waals surface area contributed by atoms with Crippen LogP contribution in [-0.4, -0.2) is 33.5 Å². The monoisotopic (exact) mass is 439 g/mol. The van der Waals surface area contributed by atoms with E-state index in [-0.39, 0.29) is 11.7 Å². The molecule has 0 N–H and O–H groups in total. The summed E-state index contributed by atoms with van der Waals surface area (Å²) in [5.74, 6) is 0.150. The molecular weight excluding hydrogens is 413 g/mol. The number of allylic oxidation sites excluding steroid dienone is 1. The maximum absolute atomic E-state index is 13.5. The molecule has 0 spiro atoms. The van der Waals surface area contributed by atoms with E-state index in [0.717, 1.165) is 29.7 Å². The number of imidazole rings is 1. The summed E-state index contributed by atoms with van der Waals surface area (Å²) in [5, 5.41) is 2.99. The quantitative estimate of drug-likeness (QED) is 0.496. The molecule has 1 saturated heterocycles. The molecule has 2 aromatic heterocycles. The van der Waals surface area contributed by atoms with E-state index in [4.69, 9.17) is 4.98 Å². The van der Waals surface area contributed by atoms with E-state index in [2.05, 4.69) is 16.5 Å². The number of nitrogens with zero attached hydrogens (tertiary/aromatic N) is 5. The molecule has 0 aliphatic carbocycles. The highest BCUT2D eigenvalue weighted by molar-refractivity contribution is 7.13. The maximum atomic E-state index is 13.5. The Labute approximate surface area is 185 Å². The van der Waals surface area contributed by atoms with Crippen LogP contribution in [-0.2, 0) is 13.1 Å². The van der Waals surface area contributed by atoms with Gasteiger partial charge in [-0.05, 0) is 50.5 Å². The van der Waals surface area contributed by atoms with Crippen molar-refractivity contribution in [2.24, 2.45) is 0 Å². The van der Waals surface area contributed by atoms with Gasteiger partial charge >= 0.3 is 0 Å². The molecule has 31 heavy (non-hydrogen) atoms. The van der Waals surface area contributed by atoms with Crippen molar-refractivity contribution >= 4 is 28.1 Å². The molecule has 1 aromatic carbocycles. The highest BCUT2D eigenvalue weighted by Crippen LogP contribution is 2.27. The first-order valence-corrected chi connectivity index (χ1v) is 11.3. The molecule has 162 valence electrons. The molecule has 0 atom stereocenters. The number of halogens is 1. The Balaban J connectivity index is 1.61. The van der Waals surface area contributed by atoms with E-state index in [9.17, 15) is 9.18 Å². The number of carbonyl (C=O) groups is 1. The van der Waals surface area contributed by atoms with E-state index in [1.54, 1.807) is 40.6 Å². The van der Waals surface area contributed by atoms with Gasteiger partial charge in [0.15, 0.2) is 5.13 Å². The van der Waals surface area contributed by atoms with Crippen LogP contribution in [0.15, 0.2) is 48.5 Å². The molecule has 3 aromatic rings. The first-order chi connectivity index (χ1) is 15.0. The fourth-order valence-electron chi connectivity index (χ4n) is 3.74. The average molecular weight is 440 g/mol. The lowest BCUT2D eigenvalue weighted by atomic mass is 10.1. The Morgan fingerprint density at radius 1 is 1.23 bits per heavy atom. The van der Waals surface area contributed by atoms with Crippen molar-refractivity contribution in [2.75, 3.05) is 22.9 Å². The van der Waals surface area contributed by atoms with Crippen LogP contribution in [0.25, 0.3) is 0 Å². The van der Waals surface area contributed by atoms with Crippen molar-refractivity contribution in [3.05, 3.63) is 71.5 Å². The topological polar surface area (TPSA) is 54.3 Å². The SMILES string of the molecule is C=CCn1cc(C(=O)N(Cc2csc(N3CCCCC3)n2)c2ccc(F)cc2)nc1C. The van der Waals surface area contributed by atoms with Crippen molar-refractivity contribution in [3.8, 4) is 0 Å². The predicted molar refractivity (Wildman–Crippen MR) is 122 cm³/mol. The molecule has 8 heteroatoms. The standard InChI is InChI=1S/C23H26FN5OS/c1-3-11-28-15-21(25-17(28)2)22(30)29(20-9-7-18(24)8-10-20)14-19-16-31-23(26-19)27-12-5-4-6-13-27/h3,7-10,15-16H,1,4-6,11-14H2,2H3. The van der Waals surface area contributed by atoms with Crippen LogP contribution in [0.2, 0.25) is 0 Å². The first kappa shape index (κ1) is 21.2. The molecule has 1 fully saturated rings. The molecular formula is C23H26FN5OS. The minimum Gasteiger partial charge on any atom is -0.348 e. The van der Waals surface area contributed by atoms with E-state index in [1.165, 1.54) is 31.4 Å². The number of piperidine rings is 1. The molecule has 4 rings (SSSR count). The summed E-state index contributed by atoms with van der Waals surface area (Å²) in [7, 11) is 0. The highest BCUT2D eigenvalue weighted by Gasteiger charge is 2.23. The van der Waals surface area contributed by atoms with Gasteiger partial charge in [0.25, 0.3) is 5.91 Å². The zero-order chi connectivity index (χ0) is 21.8. The van der Waals surface area contributed by atoms with E-state index < -0.39 is 0 Å². The molecule has 0 bridgehead atoms. The van der Waals surface area contributed by atoms with Gasteiger partial charge in [0.1, 0.15) is 17.3 Å². The summed E-state index contributed by atoms with van der Waals surface area (Å²) in [6.07, 6.45) is 7.12. The van der Waals surface area contributed by atoms with Crippen molar-refractivity contribution < 1.29 is 9.18 Å². The zero-order valence-electron chi connectivity index (χ0n) is 17.6. The van der Waals surface area contributed by atoms with Gasteiger partial charge in [-0.2, -0.15) is 0 Å². The molecule has 0 saturated carbocycles. The summed E-state index contributed by atoms with van der Waals surface area (Å²) >= 11 is 1.60. The molecule has 1 aliphatic heterocycles. The minimum absolute atomic E-state index is 0.245. The lowest BCUT2D eigenvalue weighted by Crippen LogP contribution is -2.31. The fraction of sp³-hybridized carbons (Fsp3) is 0.348. The Bertz CT molecular complexity index is 1050. The predicted octanol–water partition coefficient (Wildman–Crippen LogP) is 4.81. The number of hydrogen-bond acceptors (Lipinski definition) is 5. The summed E-state index contributed by atoms with van der Waals surface area (Å²) in [6, 6.07) is 5.94. The number of aryl methyl sites for hydroxylation is 1. The van der Waals surface area contributed by atoms with E-state index in [1.807, 2.05) is 16.9 Å². The van der Waals surface area contributed by atoms with Gasteiger partial charge < -0.3 is 14.4 Å². The van der Waals surface area contributed by atoms with Gasteiger partial charge in [0, 0.05) is 36.9 Å². The van der Waals surface area contributed by atoms with Crippen LogP contribution in [0.1, 0.15) is 41.3 Å². The summed E-state index contributed by atoms with van der Waals surface area (Å²) in [6.45, 7) is 8.52. The largest absolute Gasteiger partial charge is 0.348 e. The van der Waals surface area contributed by atoms with Gasteiger partial charge in [-0.25, -0.2) is 14.4 Å². The highest BCUT2D eigenvalue weighted by atomic mass is 32.1. The minimum atomic E-state index is -0.344. The Hall–Kier alpha value is -3.00. The number of carbonyl (C=O) groups excluding carboxylic acids is 1. The van der Waals surface area contributed by atoms with Crippen LogP contribution in [0, 0.1) is 12.7 Å². The van der Waals surface area contributed by atoms with Crippen molar-refractivity contribution in [1.82, 2.24) is 14.5 Å². The fourth-order valence-corrected chi connectivity index (χ4v) is 4.61. The zero-order valence-corrected chi connectivity index (χ0v) is 18.4. The second kappa shape index (κ2) is 9.43. The van der Waals surface area contributed by atoms with Crippen LogP contribution in [0.3, 0.4) is 0 Å². The number of rotatable bonds is 7. The van der Waals surface area contributed by atoms with Gasteiger partial charge in [0.2, 0.25) is 0 Å². The van der Waals surface area contributed by atoms with Crippen molar-refractivity contribution in [2.45, 2.75) is 39.3 Å². The molecule has 0 radical (unpaired) electrons. The number of anilines is 2. The molecule has 1 amide bonds. The maximum Gasteiger partial charge on any atom is 0.278 e. The Kier molecular flexibility index (Phi) is 6.46. The normalized spacial score (nSPS) is 13.9. The lowest BCUT2D eigenvalue weighted by Gasteiger charge is -2.26. The van der Waals surface area contributed by atoms with Crippen LogP contribution >= 0.6 is 11.3 Å². The van der Waals surface area contributed by atoms with Crippen LogP contribution in [0.5, 0.6) is 0 Å². The number of hydrogen-bond donors (Lipinski definition) is 0. The summed E-state index contributed by atoms with van der Waals surface area (Å²) in [4.78, 5) is 26.5. The lowest BCUT2D eigenvalue weighted by molar-refractivity contribution is 0.0980. The molecule has 3 heterocycles. The summed E-state index contributed by atoms with van der Waals surface area (Å²) < 4.78 is 15.4. The average Bonchev–Trinajstić information content (AvgIpc) is 3.40. The van der Waals surface area contributed by atoms with Crippen LogP contribution < -0.4 is 9.80 Å². The number of benzene rings is 1. The first-order valence-electron chi connectivity index (χ1n) is 10.5. The summed E-state index contributed by atoms with van der Waals surface area (Å²) in [5.41, 5.74) is 1.76. The van der Waals surface area contributed by atoms with Crippen molar-refractivity contribution in [1.29, 1.82) is 0 Å². The van der Waals surface area contributed by atoms with E-state index >= 15 is 0 Å².